The SMILES string of the molecule is COc1ccc(CN2CCN(C(=O)c3ccc(-c4ncon4)cc3)CC2)cc1F. The van der Waals surface area contributed by atoms with Gasteiger partial charge in [-0.3, -0.25) is 9.69 Å². The van der Waals surface area contributed by atoms with E-state index in [9.17, 15) is 9.18 Å². The highest BCUT2D eigenvalue weighted by atomic mass is 19.1. The van der Waals surface area contributed by atoms with Crippen molar-refractivity contribution >= 4 is 5.91 Å². The average Bonchev–Trinajstić information content (AvgIpc) is 3.29. The van der Waals surface area contributed by atoms with E-state index < -0.39 is 0 Å². The molecule has 150 valence electrons. The second-order valence-electron chi connectivity index (χ2n) is 6.87. The van der Waals surface area contributed by atoms with Gasteiger partial charge in [-0.2, -0.15) is 4.98 Å². The molecule has 0 saturated carbocycles. The van der Waals surface area contributed by atoms with E-state index >= 15 is 0 Å². The first-order valence-corrected chi connectivity index (χ1v) is 9.35. The molecular formula is C21H21FN4O3. The molecule has 1 saturated heterocycles. The first-order chi connectivity index (χ1) is 14.1. The van der Waals surface area contributed by atoms with Gasteiger partial charge in [-0.05, 0) is 29.8 Å². The van der Waals surface area contributed by atoms with Crippen LogP contribution in [0, 0.1) is 5.82 Å². The first-order valence-electron chi connectivity index (χ1n) is 9.35. The molecule has 1 aromatic heterocycles. The van der Waals surface area contributed by atoms with Crippen LogP contribution in [0.4, 0.5) is 4.39 Å². The molecule has 2 aromatic carbocycles. The van der Waals surface area contributed by atoms with Gasteiger partial charge >= 0.3 is 0 Å². The highest BCUT2D eigenvalue weighted by Gasteiger charge is 2.22. The van der Waals surface area contributed by atoms with Crippen molar-refractivity contribution in [1.82, 2.24) is 19.9 Å². The third-order valence-corrected chi connectivity index (χ3v) is 5.03. The Morgan fingerprint density at radius 3 is 2.52 bits per heavy atom. The molecule has 0 radical (unpaired) electrons. The van der Waals surface area contributed by atoms with Gasteiger partial charge in [0, 0.05) is 43.9 Å². The van der Waals surface area contributed by atoms with Gasteiger partial charge in [0.25, 0.3) is 5.91 Å². The van der Waals surface area contributed by atoms with Crippen molar-refractivity contribution in [3.05, 3.63) is 65.8 Å². The van der Waals surface area contributed by atoms with Crippen LogP contribution in [0.1, 0.15) is 15.9 Å². The second kappa shape index (κ2) is 8.40. The number of nitrogens with zero attached hydrogens (tertiary/aromatic N) is 4. The Labute approximate surface area is 167 Å². The average molecular weight is 396 g/mol. The maximum absolute atomic E-state index is 13.9. The van der Waals surface area contributed by atoms with Crippen LogP contribution in [0.25, 0.3) is 11.4 Å². The summed E-state index contributed by atoms with van der Waals surface area (Å²) in [5, 5.41) is 3.79. The normalized spacial score (nSPS) is 14.8. The van der Waals surface area contributed by atoms with E-state index in [2.05, 4.69) is 15.0 Å². The quantitative estimate of drug-likeness (QED) is 0.660. The summed E-state index contributed by atoms with van der Waals surface area (Å²) < 4.78 is 23.6. The number of benzene rings is 2. The van der Waals surface area contributed by atoms with Gasteiger partial charge in [0.2, 0.25) is 12.2 Å². The highest BCUT2D eigenvalue weighted by molar-refractivity contribution is 5.94. The van der Waals surface area contributed by atoms with Crippen LogP contribution >= 0.6 is 0 Å². The molecule has 1 aliphatic rings. The number of rotatable bonds is 5. The lowest BCUT2D eigenvalue weighted by Gasteiger charge is -2.34. The van der Waals surface area contributed by atoms with Gasteiger partial charge in [0.05, 0.1) is 7.11 Å². The number of piperazine rings is 1. The lowest BCUT2D eigenvalue weighted by molar-refractivity contribution is 0.0628. The van der Waals surface area contributed by atoms with Gasteiger partial charge in [0.1, 0.15) is 0 Å². The van der Waals surface area contributed by atoms with Crippen LogP contribution < -0.4 is 4.74 Å². The van der Waals surface area contributed by atoms with E-state index in [1.807, 2.05) is 23.1 Å². The Morgan fingerprint density at radius 1 is 1.14 bits per heavy atom. The molecule has 7 nitrogen and oxygen atoms in total. The molecule has 0 bridgehead atoms. The highest BCUT2D eigenvalue weighted by Crippen LogP contribution is 2.20. The number of carbonyl (C=O) groups is 1. The summed E-state index contributed by atoms with van der Waals surface area (Å²) in [6.45, 7) is 3.37. The second-order valence-corrected chi connectivity index (χ2v) is 6.87. The van der Waals surface area contributed by atoms with Crippen molar-refractivity contribution in [1.29, 1.82) is 0 Å². The predicted octanol–water partition coefficient (Wildman–Crippen LogP) is 2.84. The van der Waals surface area contributed by atoms with Crippen molar-refractivity contribution in [2.75, 3.05) is 33.3 Å². The summed E-state index contributed by atoms with van der Waals surface area (Å²) >= 11 is 0. The molecule has 4 rings (SSSR count). The fraction of sp³-hybridized carbons (Fsp3) is 0.286. The van der Waals surface area contributed by atoms with E-state index in [0.29, 0.717) is 31.0 Å². The molecule has 1 fully saturated rings. The molecule has 3 aromatic rings. The zero-order chi connectivity index (χ0) is 20.2. The third-order valence-electron chi connectivity index (χ3n) is 5.03. The molecule has 8 heteroatoms. The number of hydrogen-bond acceptors (Lipinski definition) is 6. The summed E-state index contributed by atoms with van der Waals surface area (Å²) in [4.78, 5) is 20.8. The smallest absolute Gasteiger partial charge is 0.253 e. The summed E-state index contributed by atoms with van der Waals surface area (Å²) in [5.41, 5.74) is 2.31. The largest absolute Gasteiger partial charge is 0.494 e. The van der Waals surface area contributed by atoms with Crippen molar-refractivity contribution < 1.29 is 18.4 Å². The lowest BCUT2D eigenvalue weighted by Crippen LogP contribution is -2.48. The molecule has 1 aliphatic heterocycles. The van der Waals surface area contributed by atoms with Crippen LogP contribution in [-0.4, -0.2) is 59.1 Å². The Bertz CT molecular complexity index is 968. The number of halogens is 1. The van der Waals surface area contributed by atoms with Crippen molar-refractivity contribution in [3.8, 4) is 17.1 Å². The van der Waals surface area contributed by atoms with Crippen LogP contribution in [0.3, 0.4) is 0 Å². The molecule has 2 heterocycles. The van der Waals surface area contributed by atoms with Gasteiger partial charge in [-0.15, -0.1) is 0 Å². The van der Waals surface area contributed by atoms with Crippen LogP contribution in [0.5, 0.6) is 5.75 Å². The van der Waals surface area contributed by atoms with Crippen LogP contribution in [0.15, 0.2) is 53.4 Å². The number of amides is 1. The van der Waals surface area contributed by atoms with Gasteiger partial charge in [-0.1, -0.05) is 23.4 Å². The third kappa shape index (κ3) is 4.27. The van der Waals surface area contributed by atoms with E-state index in [-0.39, 0.29) is 17.5 Å². The number of ether oxygens (including phenoxy) is 1. The maximum atomic E-state index is 13.9. The first kappa shape index (κ1) is 19.1. The van der Waals surface area contributed by atoms with Gasteiger partial charge in [0.15, 0.2) is 11.6 Å². The molecule has 0 aliphatic carbocycles. The van der Waals surface area contributed by atoms with Crippen molar-refractivity contribution in [2.24, 2.45) is 0 Å². The molecule has 1 amide bonds. The van der Waals surface area contributed by atoms with E-state index in [0.717, 1.165) is 24.2 Å². The Hall–Kier alpha value is -3.26. The Balaban J connectivity index is 1.33. The monoisotopic (exact) mass is 396 g/mol. The standard InChI is InChI=1S/C21H21FN4O3/c1-28-19-7-2-15(12-18(19)22)13-25-8-10-26(11-9-25)21(27)17-5-3-16(4-6-17)20-23-14-29-24-20/h2-7,12,14H,8-11,13H2,1H3. The Kier molecular flexibility index (Phi) is 5.53. The number of carbonyl (C=O) groups excluding carboxylic acids is 1. The molecule has 0 N–H and O–H groups in total. The minimum atomic E-state index is -0.358. The summed E-state index contributed by atoms with van der Waals surface area (Å²) in [6.07, 6.45) is 1.27. The lowest BCUT2D eigenvalue weighted by atomic mass is 10.1. The summed E-state index contributed by atoms with van der Waals surface area (Å²) in [6, 6.07) is 12.2. The Morgan fingerprint density at radius 2 is 1.90 bits per heavy atom. The summed E-state index contributed by atoms with van der Waals surface area (Å²) in [7, 11) is 1.45. The van der Waals surface area contributed by atoms with Crippen LogP contribution in [0.2, 0.25) is 0 Å². The molecule has 0 unspecified atom stereocenters. The number of hydrogen-bond donors (Lipinski definition) is 0. The minimum absolute atomic E-state index is 0.000182. The zero-order valence-corrected chi connectivity index (χ0v) is 16.0. The molecule has 29 heavy (non-hydrogen) atoms. The van der Waals surface area contributed by atoms with E-state index in [1.54, 1.807) is 18.2 Å². The minimum Gasteiger partial charge on any atom is -0.494 e. The van der Waals surface area contributed by atoms with Gasteiger partial charge in [-0.25, -0.2) is 4.39 Å². The maximum Gasteiger partial charge on any atom is 0.253 e. The molecular weight excluding hydrogens is 375 g/mol. The zero-order valence-electron chi connectivity index (χ0n) is 16.0. The topological polar surface area (TPSA) is 71.7 Å². The van der Waals surface area contributed by atoms with Crippen molar-refractivity contribution in [3.63, 3.8) is 0 Å². The number of methoxy groups -OCH3 is 1. The predicted molar refractivity (Wildman–Crippen MR) is 104 cm³/mol. The summed E-state index contributed by atoms with van der Waals surface area (Å²) in [5.74, 6) is 0.380. The van der Waals surface area contributed by atoms with E-state index in [4.69, 9.17) is 9.26 Å². The van der Waals surface area contributed by atoms with Crippen molar-refractivity contribution in [2.45, 2.75) is 6.54 Å². The number of aromatic nitrogens is 2. The molecule has 0 atom stereocenters. The van der Waals surface area contributed by atoms with Crippen LogP contribution in [-0.2, 0) is 6.54 Å². The van der Waals surface area contributed by atoms with Gasteiger partial charge < -0.3 is 14.2 Å². The fourth-order valence-electron chi connectivity index (χ4n) is 3.42. The van der Waals surface area contributed by atoms with E-state index in [1.165, 1.54) is 19.6 Å². The molecule has 0 spiro atoms. The fourth-order valence-corrected chi connectivity index (χ4v) is 3.42.